The van der Waals surface area contributed by atoms with E-state index in [0.717, 1.165) is 10.0 Å². The summed E-state index contributed by atoms with van der Waals surface area (Å²) in [6.07, 6.45) is 0.478. The summed E-state index contributed by atoms with van der Waals surface area (Å²) in [4.78, 5) is 27.7. The Balaban J connectivity index is 2.06. The maximum absolute atomic E-state index is 13.2. The average molecular weight is 553 g/mol. The summed E-state index contributed by atoms with van der Waals surface area (Å²) in [6.45, 7) is 6.76. The number of benzene rings is 2. The lowest BCUT2D eigenvalue weighted by molar-refractivity contribution is -0.140. The molecule has 9 heteroatoms. The van der Waals surface area contributed by atoms with Crippen LogP contribution in [0.2, 0.25) is 0 Å². The smallest absolute Gasteiger partial charge is 0.242 e. The van der Waals surface area contributed by atoms with E-state index in [1.165, 1.54) is 11.4 Å². The van der Waals surface area contributed by atoms with Crippen LogP contribution in [-0.2, 0) is 26.2 Å². The normalized spacial score (nSPS) is 12.6. The maximum atomic E-state index is 13.2. The van der Waals surface area contributed by atoms with Gasteiger partial charge in [0, 0.05) is 37.6 Å². The molecule has 0 unspecified atom stereocenters. The van der Waals surface area contributed by atoms with Crippen LogP contribution in [0, 0.1) is 5.92 Å². The van der Waals surface area contributed by atoms with Crippen LogP contribution in [-0.4, -0.2) is 55.6 Å². The highest BCUT2D eigenvalue weighted by atomic mass is 79.9. The highest BCUT2D eigenvalue weighted by Gasteiger charge is 2.27. The van der Waals surface area contributed by atoms with Crippen molar-refractivity contribution >= 4 is 37.8 Å². The molecule has 2 rings (SSSR count). The molecule has 2 amide bonds. The first-order valence-electron chi connectivity index (χ1n) is 11.4. The van der Waals surface area contributed by atoms with Gasteiger partial charge >= 0.3 is 0 Å². The van der Waals surface area contributed by atoms with E-state index in [4.69, 9.17) is 0 Å². The molecule has 0 aliphatic rings. The predicted octanol–water partition coefficient (Wildman–Crippen LogP) is 4.04. The van der Waals surface area contributed by atoms with Crippen LogP contribution in [0.1, 0.15) is 39.2 Å². The van der Waals surface area contributed by atoms with Crippen molar-refractivity contribution in [3.05, 3.63) is 64.6 Å². The van der Waals surface area contributed by atoms with Crippen molar-refractivity contribution in [1.29, 1.82) is 0 Å². The number of nitrogens with zero attached hydrogens (tertiary/aromatic N) is 2. The maximum Gasteiger partial charge on any atom is 0.242 e. The van der Waals surface area contributed by atoms with Crippen molar-refractivity contribution in [2.24, 2.45) is 5.92 Å². The average Bonchev–Trinajstić information content (AvgIpc) is 2.82. The molecule has 34 heavy (non-hydrogen) atoms. The zero-order valence-electron chi connectivity index (χ0n) is 20.2. The van der Waals surface area contributed by atoms with E-state index in [2.05, 4.69) is 21.2 Å². The molecular formula is C25H34BrN3O4S. The third-order valence-corrected chi connectivity index (χ3v) is 7.83. The molecule has 7 nitrogen and oxygen atoms in total. The van der Waals surface area contributed by atoms with E-state index in [0.29, 0.717) is 25.4 Å². The summed E-state index contributed by atoms with van der Waals surface area (Å²) in [6, 6.07) is 15.2. The Morgan fingerprint density at radius 2 is 1.62 bits per heavy atom. The van der Waals surface area contributed by atoms with Crippen molar-refractivity contribution in [1.82, 2.24) is 14.5 Å². The summed E-state index contributed by atoms with van der Waals surface area (Å²) in [5, 5.41) is 2.90. The Labute approximate surface area is 211 Å². The standard InChI is InChI=1S/C25H34BrN3O4S/c1-19(2)17-27-25(31)20(3)29(18-21-12-14-22(26)15-13-21)24(30)11-8-16-28(4)34(32,33)23-9-6-5-7-10-23/h5-7,9-10,12-15,19-20H,8,11,16-18H2,1-4H3,(H,27,31)/t20-/m1/s1. The van der Waals surface area contributed by atoms with Gasteiger partial charge in [-0.2, -0.15) is 0 Å². The van der Waals surface area contributed by atoms with Crippen LogP contribution in [0.3, 0.4) is 0 Å². The summed E-state index contributed by atoms with van der Waals surface area (Å²) < 4.78 is 27.6. The minimum absolute atomic E-state index is 0.132. The number of sulfonamides is 1. The van der Waals surface area contributed by atoms with E-state index < -0.39 is 16.1 Å². The van der Waals surface area contributed by atoms with Crippen molar-refractivity contribution in [3.8, 4) is 0 Å². The van der Waals surface area contributed by atoms with Crippen molar-refractivity contribution in [3.63, 3.8) is 0 Å². The minimum Gasteiger partial charge on any atom is -0.354 e. The lowest BCUT2D eigenvalue weighted by Crippen LogP contribution is -2.48. The van der Waals surface area contributed by atoms with Crippen LogP contribution >= 0.6 is 15.9 Å². The molecule has 0 bridgehead atoms. The monoisotopic (exact) mass is 551 g/mol. The van der Waals surface area contributed by atoms with E-state index in [9.17, 15) is 18.0 Å². The topological polar surface area (TPSA) is 86.8 Å². The molecule has 1 atom stereocenters. The first-order valence-corrected chi connectivity index (χ1v) is 13.6. The van der Waals surface area contributed by atoms with Gasteiger partial charge in [-0.3, -0.25) is 9.59 Å². The zero-order valence-corrected chi connectivity index (χ0v) is 22.6. The highest BCUT2D eigenvalue weighted by molar-refractivity contribution is 9.10. The predicted molar refractivity (Wildman–Crippen MR) is 137 cm³/mol. The molecule has 0 fully saturated rings. The second kappa shape index (κ2) is 13.0. The van der Waals surface area contributed by atoms with Gasteiger partial charge < -0.3 is 10.2 Å². The van der Waals surface area contributed by atoms with E-state index in [1.807, 2.05) is 38.1 Å². The van der Waals surface area contributed by atoms with Gasteiger partial charge in [0.25, 0.3) is 0 Å². The Bertz CT molecular complexity index is 1040. The lowest BCUT2D eigenvalue weighted by Gasteiger charge is -2.29. The molecule has 1 N–H and O–H groups in total. The van der Waals surface area contributed by atoms with Gasteiger partial charge in [0.15, 0.2) is 0 Å². The molecule has 0 heterocycles. The molecule has 2 aromatic rings. The molecule has 0 aromatic heterocycles. The number of rotatable bonds is 12. The first-order chi connectivity index (χ1) is 16.0. The molecule has 0 saturated carbocycles. The van der Waals surface area contributed by atoms with Gasteiger partial charge in [-0.1, -0.05) is 60.1 Å². The summed E-state index contributed by atoms with van der Waals surface area (Å²) in [7, 11) is -2.11. The fourth-order valence-electron chi connectivity index (χ4n) is 3.31. The summed E-state index contributed by atoms with van der Waals surface area (Å²) in [5.41, 5.74) is 0.906. The number of carbonyl (C=O) groups excluding carboxylic acids is 2. The Morgan fingerprint density at radius 3 is 2.21 bits per heavy atom. The SMILES string of the molecule is CC(C)CNC(=O)[C@@H](C)N(Cc1ccc(Br)cc1)C(=O)CCCN(C)S(=O)(=O)c1ccccc1. The second-order valence-electron chi connectivity index (χ2n) is 8.71. The van der Waals surface area contributed by atoms with Crippen LogP contribution in [0.15, 0.2) is 64.0 Å². The largest absolute Gasteiger partial charge is 0.354 e. The van der Waals surface area contributed by atoms with Gasteiger partial charge in [-0.15, -0.1) is 0 Å². The van der Waals surface area contributed by atoms with Gasteiger partial charge in [0.2, 0.25) is 21.8 Å². The van der Waals surface area contributed by atoms with Crippen molar-refractivity contribution < 1.29 is 18.0 Å². The lowest BCUT2D eigenvalue weighted by atomic mass is 10.1. The minimum atomic E-state index is -3.62. The van der Waals surface area contributed by atoms with E-state index in [1.54, 1.807) is 42.2 Å². The van der Waals surface area contributed by atoms with Gasteiger partial charge in [0.05, 0.1) is 4.90 Å². The van der Waals surface area contributed by atoms with Gasteiger partial charge in [-0.25, -0.2) is 12.7 Å². The quantitative estimate of drug-likeness (QED) is 0.431. The number of hydrogen-bond donors (Lipinski definition) is 1. The molecular weight excluding hydrogens is 518 g/mol. The molecule has 0 aliphatic carbocycles. The van der Waals surface area contributed by atoms with Crippen LogP contribution < -0.4 is 5.32 Å². The third-order valence-electron chi connectivity index (χ3n) is 5.43. The Kier molecular flexibility index (Phi) is 10.7. The van der Waals surface area contributed by atoms with Gasteiger partial charge in [-0.05, 0) is 49.1 Å². The third kappa shape index (κ3) is 8.21. The number of hydrogen-bond acceptors (Lipinski definition) is 4. The van der Waals surface area contributed by atoms with Gasteiger partial charge in [0.1, 0.15) is 6.04 Å². The fourth-order valence-corrected chi connectivity index (χ4v) is 4.81. The number of nitrogens with one attached hydrogen (secondary N) is 1. The van der Waals surface area contributed by atoms with Crippen molar-refractivity contribution in [2.75, 3.05) is 20.1 Å². The molecule has 0 aliphatic heterocycles. The number of carbonyl (C=O) groups is 2. The summed E-state index contributed by atoms with van der Waals surface area (Å²) >= 11 is 3.41. The number of amides is 2. The second-order valence-corrected chi connectivity index (χ2v) is 11.7. The number of halogens is 1. The molecule has 0 radical (unpaired) electrons. The van der Waals surface area contributed by atoms with Crippen molar-refractivity contribution in [2.45, 2.75) is 51.1 Å². The molecule has 2 aromatic carbocycles. The molecule has 0 spiro atoms. The molecule has 186 valence electrons. The van der Waals surface area contributed by atoms with E-state index in [-0.39, 0.29) is 29.7 Å². The zero-order chi connectivity index (χ0) is 25.3. The highest BCUT2D eigenvalue weighted by Crippen LogP contribution is 2.17. The summed E-state index contributed by atoms with van der Waals surface area (Å²) in [5.74, 6) is -0.0996. The fraction of sp³-hybridized carbons (Fsp3) is 0.440. The molecule has 0 saturated heterocycles. The Morgan fingerprint density at radius 1 is 1.00 bits per heavy atom. The first kappa shape index (κ1) is 28.0. The van der Waals surface area contributed by atoms with E-state index >= 15 is 0 Å². The van der Waals surface area contributed by atoms with Crippen LogP contribution in [0.4, 0.5) is 0 Å². The Hall–Kier alpha value is -2.23. The van der Waals surface area contributed by atoms with Crippen LogP contribution in [0.5, 0.6) is 0 Å². The van der Waals surface area contributed by atoms with Crippen LogP contribution in [0.25, 0.3) is 0 Å².